The minimum absolute atomic E-state index is 0.347. The van der Waals surface area contributed by atoms with Gasteiger partial charge >= 0.3 is 6.09 Å². The maximum absolute atomic E-state index is 11.6. The van der Waals surface area contributed by atoms with Crippen molar-refractivity contribution in [2.45, 2.75) is 13.3 Å². The SMILES string of the molecule is CCOC(=O)Nc1cccc2c1Cc1ccccc1O2. The highest BCUT2D eigenvalue weighted by Gasteiger charge is 2.20. The molecular formula is C16H15NO3. The molecule has 1 aliphatic heterocycles. The van der Waals surface area contributed by atoms with Crippen LogP contribution in [0.5, 0.6) is 11.5 Å². The number of hydrogen-bond donors (Lipinski definition) is 1. The molecule has 1 amide bonds. The van der Waals surface area contributed by atoms with Crippen molar-refractivity contribution in [1.29, 1.82) is 0 Å². The van der Waals surface area contributed by atoms with E-state index in [0.29, 0.717) is 6.61 Å². The third kappa shape index (κ3) is 2.32. The van der Waals surface area contributed by atoms with Gasteiger partial charge in [-0.1, -0.05) is 24.3 Å². The van der Waals surface area contributed by atoms with E-state index in [1.807, 2.05) is 42.5 Å². The van der Waals surface area contributed by atoms with Gasteiger partial charge in [-0.2, -0.15) is 0 Å². The monoisotopic (exact) mass is 269 g/mol. The van der Waals surface area contributed by atoms with Crippen molar-refractivity contribution in [2.75, 3.05) is 11.9 Å². The number of ether oxygens (including phenoxy) is 2. The molecule has 0 aromatic heterocycles. The molecule has 20 heavy (non-hydrogen) atoms. The lowest BCUT2D eigenvalue weighted by Gasteiger charge is -2.22. The zero-order valence-electron chi connectivity index (χ0n) is 11.2. The first-order valence-electron chi connectivity index (χ1n) is 6.59. The second-order valence-electron chi connectivity index (χ2n) is 4.51. The average Bonchev–Trinajstić information content (AvgIpc) is 2.46. The summed E-state index contributed by atoms with van der Waals surface area (Å²) in [5.41, 5.74) is 2.81. The Kier molecular flexibility index (Phi) is 3.29. The van der Waals surface area contributed by atoms with Crippen LogP contribution in [0.3, 0.4) is 0 Å². The van der Waals surface area contributed by atoms with Crippen LogP contribution in [0.1, 0.15) is 18.1 Å². The van der Waals surface area contributed by atoms with Crippen LogP contribution in [0.25, 0.3) is 0 Å². The van der Waals surface area contributed by atoms with Crippen LogP contribution >= 0.6 is 0 Å². The molecule has 0 saturated carbocycles. The molecule has 3 rings (SSSR count). The number of carbonyl (C=O) groups is 1. The highest BCUT2D eigenvalue weighted by Crippen LogP contribution is 2.39. The number of carbonyl (C=O) groups excluding carboxylic acids is 1. The summed E-state index contributed by atoms with van der Waals surface area (Å²) in [5.74, 6) is 1.64. The minimum Gasteiger partial charge on any atom is -0.457 e. The minimum atomic E-state index is -0.445. The molecule has 0 spiro atoms. The van der Waals surface area contributed by atoms with Gasteiger partial charge in [-0.15, -0.1) is 0 Å². The Morgan fingerprint density at radius 1 is 1.20 bits per heavy atom. The van der Waals surface area contributed by atoms with Gasteiger partial charge in [0.15, 0.2) is 0 Å². The summed E-state index contributed by atoms with van der Waals surface area (Å²) in [5, 5.41) is 2.76. The number of nitrogens with one attached hydrogen (secondary N) is 1. The predicted octanol–water partition coefficient (Wildman–Crippen LogP) is 3.95. The number of amides is 1. The lowest BCUT2D eigenvalue weighted by Crippen LogP contribution is -2.16. The molecule has 0 atom stereocenters. The highest BCUT2D eigenvalue weighted by molar-refractivity contribution is 5.86. The quantitative estimate of drug-likeness (QED) is 0.766. The summed E-state index contributed by atoms with van der Waals surface area (Å²) < 4.78 is 10.8. The van der Waals surface area contributed by atoms with Crippen molar-refractivity contribution in [3.05, 3.63) is 53.6 Å². The van der Waals surface area contributed by atoms with Crippen molar-refractivity contribution in [2.24, 2.45) is 0 Å². The van der Waals surface area contributed by atoms with Crippen LogP contribution in [0.2, 0.25) is 0 Å². The van der Waals surface area contributed by atoms with Gasteiger partial charge in [-0.05, 0) is 30.7 Å². The number of rotatable bonds is 2. The first kappa shape index (κ1) is 12.5. The topological polar surface area (TPSA) is 47.6 Å². The fraction of sp³-hybridized carbons (Fsp3) is 0.188. The molecule has 1 N–H and O–H groups in total. The van der Waals surface area contributed by atoms with Gasteiger partial charge in [0.1, 0.15) is 11.5 Å². The molecule has 1 heterocycles. The Labute approximate surface area is 117 Å². The Balaban J connectivity index is 1.92. The number of benzene rings is 2. The van der Waals surface area contributed by atoms with Crippen molar-refractivity contribution < 1.29 is 14.3 Å². The zero-order valence-corrected chi connectivity index (χ0v) is 11.2. The van der Waals surface area contributed by atoms with Crippen LogP contribution in [0, 0.1) is 0 Å². The van der Waals surface area contributed by atoms with E-state index >= 15 is 0 Å². The molecule has 0 bridgehead atoms. The number of fused-ring (bicyclic) bond motifs is 2. The van der Waals surface area contributed by atoms with E-state index in [1.165, 1.54) is 0 Å². The van der Waals surface area contributed by atoms with E-state index in [2.05, 4.69) is 5.32 Å². The summed E-state index contributed by atoms with van der Waals surface area (Å²) >= 11 is 0. The number of para-hydroxylation sites is 1. The second-order valence-corrected chi connectivity index (χ2v) is 4.51. The number of anilines is 1. The molecular weight excluding hydrogens is 254 g/mol. The lowest BCUT2D eigenvalue weighted by atomic mass is 9.99. The molecule has 0 aliphatic carbocycles. The molecule has 1 aliphatic rings. The van der Waals surface area contributed by atoms with E-state index in [-0.39, 0.29) is 0 Å². The summed E-state index contributed by atoms with van der Waals surface area (Å²) in [7, 11) is 0. The molecule has 2 aromatic carbocycles. The summed E-state index contributed by atoms with van der Waals surface area (Å²) in [4.78, 5) is 11.6. The molecule has 0 saturated heterocycles. The molecule has 4 nitrogen and oxygen atoms in total. The fourth-order valence-electron chi connectivity index (χ4n) is 2.30. The predicted molar refractivity (Wildman–Crippen MR) is 76.4 cm³/mol. The van der Waals surface area contributed by atoms with Gasteiger partial charge in [0.2, 0.25) is 0 Å². The van der Waals surface area contributed by atoms with E-state index in [0.717, 1.165) is 34.7 Å². The smallest absolute Gasteiger partial charge is 0.411 e. The van der Waals surface area contributed by atoms with Gasteiger partial charge in [0.25, 0.3) is 0 Å². The number of hydrogen-bond acceptors (Lipinski definition) is 3. The van der Waals surface area contributed by atoms with Gasteiger partial charge < -0.3 is 9.47 Å². The van der Waals surface area contributed by atoms with Crippen LogP contribution in [-0.4, -0.2) is 12.7 Å². The average molecular weight is 269 g/mol. The normalized spacial score (nSPS) is 11.8. The van der Waals surface area contributed by atoms with E-state index in [1.54, 1.807) is 6.92 Å². The molecule has 0 radical (unpaired) electrons. The van der Waals surface area contributed by atoms with E-state index in [9.17, 15) is 4.79 Å². The Morgan fingerprint density at radius 2 is 2.00 bits per heavy atom. The van der Waals surface area contributed by atoms with Gasteiger partial charge in [0, 0.05) is 12.0 Å². The first-order chi connectivity index (χ1) is 9.78. The van der Waals surface area contributed by atoms with Crippen molar-refractivity contribution in [3.8, 4) is 11.5 Å². The third-order valence-corrected chi connectivity index (χ3v) is 3.20. The third-order valence-electron chi connectivity index (χ3n) is 3.20. The zero-order chi connectivity index (χ0) is 13.9. The molecule has 0 unspecified atom stereocenters. The highest BCUT2D eigenvalue weighted by atomic mass is 16.5. The summed E-state index contributed by atoms with van der Waals surface area (Å²) in [6.45, 7) is 2.12. The Morgan fingerprint density at radius 3 is 2.85 bits per heavy atom. The van der Waals surface area contributed by atoms with Crippen LogP contribution in [0.4, 0.5) is 10.5 Å². The summed E-state index contributed by atoms with van der Waals surface area (Å²) in [6, 6.07) is 13.5. The maximum atomic E-state index is 11.6. The molecule has 102 valence electrons. The lowest BCUT2D eigenvalue weighted by molar-refractivity contribution is 0.168. The molecule has 2 aromatic rings. The Bertz CT molecular complexity index is 652. The molecule has 4 heteroatoms. The van der Waals surface area contributed by atoms with Crippen molar-refractivity contribution >= 4 is 11.8 Å². The van der Waals surface area contributed by atoms with E-state index in [4.69, 9.17) is 9.47 Å². The van der Waals surface area contributed by atoms with Crippen molar-refractivity contribution in [3.63, 3.8) is 0 Å². The fourth-order valence-corrected chi connectivity index (χ4v) is 2.30. The molecule has 0 fully saturated rings. The second kappa shape index (κ2) is 5.25. The van der Waals surface area contributed by atoms with Gasteiger partial charge in [-0.3, -0.25) is 5.32 Å². The maximum Gasteiger partial charge on any atom is 0.411 e. The van der Waals surface area contributed by atoms with Gasteiger partial charge in [0.05, 0.1) is 12.3 Å². The van der Waals surface area contributed by atoms with Crippen molar-refractivity contribution in [1.82, 2.24) is 0 Å². The van der Waals surface area contributed by atoms with Crippen LogP contribution < -0.4 is 10.1 Å². The van der Waals surface area contributed by atoms with E-state index < -0.39 is 6.09 Å². The summed E-state index contributed by atoms with van der Waals surface area (Å²) in [6.07, 6.45) is 0.286. The Hall–Kier alpha value is -2.49. The largest absolute Gasteiger partial charge is 0.457 e. The van der Waals surface area contributed by atoms with Crippen LogP contribution in [-0.2, 0) is 11.2 Å². The first-order valence-corrected chi connectivity index (χ1v) is 6.59. The van der Waals surface area contributed by atoms with Gasteiger partial charge in [-0.25, -0.2) is 4.79 Å². The van der Waals surface area contributed by atoms with Crippen LogP contribution in [0.15, 0.2) is 42.5 Å². The standard InChI is InChI=1S/C16H15NO3/c1-2-19-16(18)17-13-7-5-9-15-12(13)10-11-6-3-4-8-14(11)20-15/h3-9H,2,10H2,1H3,(H,17,18).